The summed E-state index contributed by atoms with van der Waals surface area (Å²) in [6, 6.07) is 16.3. The SMILES string of the molecule is Cn1ccnc1[C@H](Nc1ccc2ncccc2c1[N+](=O)[O-])c1ccccc1. The van der Waals surface area contributed by atoms with Crippen LogP contribution in [0.25, 0.3) is 10.9 Å². The lowest BCUT2D eigenvalue weighted by molar-refractivity contribution is -0.382. The minimum absolute atomic E-state index is 0.00994. The molecule has 7 nitrogen and oxygen atoms in total. The van der Waals surface area contributed by atoms with Crippen LogP contribution in [0.2, 0.25) is 0 Å². The Morgan fingerprint density at radius 3 is 2.56 bits per heavy atom. The van der Waals surface area contributed by atoms with Crippen LogP contribution >= 0.6 is 0 Å². The van der Waals surface area contributed by atoms with E-state index in [-0.39, 0.29) is 16.7 Å². The second-order valence-corrected chi connectivity index (χ2v) is 6.17. The number of aryl methyl sites for hydroxylation is 1. The van der Waals surface area contributed by atoms with Crippen LogP contribution in [0.3, 0.4) is 0 Å². The number of anilines is 1. The van der Waals surface area contributed by atoms with E-state index >= 15 is 0 Å². The highest BCUT2D eigenvalue weighted by Crippen LogP contribution is 2.36. The van der Waals surface area contributed by atoms with Gasteiger partial charge in [-0.3, -0.25) is 15.1 Å². The Balaban J connectivity index is 1.86. The van der Waals surface area contributed by atoms with Crippen molar-refractivity contribution in [3.05, 3.63) is 94.7 Å². The Morgan fingerprint density at radius 1 is 1.04 bits per heavy atom. The number of rotatable bonds is 5. The Labute approximate surface area is 155 Å². The van der Waals surface area contributed by atoms with Gasteiger partial charge in [-0.15, -0.1) is 0 Å². The number of nitro groups is 1. The van der Waals surface area contributed by atoms with Gasteiger partial charge in [0.25, 0.3) is 0 Å². The van der Waals surface area contributed by atoms with E-state index in [0.717, 1.165) is 11.4 Å². The monoisotopic (exact) mass is 359 g/mol. The lowest BCUT2D eigenvalue weighted by Gasteiger charge is -2.20. The van der Waals surface area contributed by atoms with Gasteiger partial charge in [-0.05, 0) is 29.8 Å². The highest BCUT2D eigenvalue weighted by atomic mass is 16.6. The molecule has 4 rings (SSSR count). The summed E-state index contributed by atoms with van der Waals surface area (Å²) in [6.45, 7) is 0. The Bertz CT molecular complexity index is 1110. The Morgan fingerprint density at radius 2 is 1.85 bits per heavy atom. The molecule has 0 unspecified atom stereocenters. The molecule has 2 aromatic heterocycles. The van der Waals surface area contributed by atoms with Crippen molar-refractivity contribution in [3.63, 3.8) is 0 Å². The summed E-state index contributed by atoms with van der Waals surface area (Å²) in [4.78, 5) is 20.1. The predicted octanol–water partition coefficient (Wildman–Crippen LogP) is 4.08. The average molecular weight is 359 g/mol. The molecule has 0 saturated heterocycles. The molecule has 0 radical (unpaired) electrons. The van der Waals surface area contributed by atoms with Gasteiger partial charge in [0.15, 0.2) is 0 Å². The zero-order valence-electron chi connectivity index (χ0n) is 14.6. The maximum atomic E-state index is 11.8. The zero-order chi connectivity index (χ0) is 18.8. The molecule has 27 heavy (non-hydrogen) atoms. The van der Waals surface area contributed by atoms with Crippen molar-refractivity contribution in [1.29, 1.82) is 0 Å². The van der Waals surface area contributed by atoms with Gasteiger partial charge in [-0.1, -0.05) is 30.3 Å². The molecule has 4 aromatic rings. The van der Waals surface area contributed by atoms with Crippen LogP contribution in [-0.2, 0) is 7.05 Å². The van der Waals surface area contributed by atoms with Gasteiger partial charge in [-0.2, -0.15) is 0 Å². The van der Waals surface area contributed by atoms with E-state index in [2.05, 4.69) is 15.3 Å². The van der Waals surface area contributed by atoms with Gasteiger partial charge in [0.2, 0.25) is 0 Å². The molecule has 0 fully saturated rings. The van der Waals surface area contributed by atoms with Gasteiger partial charge in [0.1, 0.15) is 17.6 Å². The predicted molar refractivity (Wildman–Crippen MR) is 104 cm³/mol. The quantitative estimate of drug-likeness (QED) is 0.429. The third-order valence-corrected chi connectivity index (χ3v) is 4.49. The van der Waals surface area contributed by atoms with Gasteiger partial charge in [0.05, 0.1) is 15.8 Å². The number of aromatic nitrogens is 3. The minimum atomic E-state index is -0.368. The molecule has 0 saturated carbocycles. The molecule has 0 amide bonds. The molecule has 2 aromatic carbocycles. The normalized spacial score (nSPS) is 12.0. The summed E-state index contributed by atoms with van der Waals surface area (Å²) in [5, 5.41) is 15.7. The van der Waals surface area contributed by atoms with Crippen molar-refractivity contribution in [2.45, 2.75) is 6.04 Å². The first kappa shape index (κ1) is 16.7. The molecule has 0 aliphatic heterocycles. The van der Waals surface area contributed by atoms with E-state index in [1.165, 1.54) is 0 Å². The molecule has 134 valence electrons. The number of fused-ring (bicyclic) bond motifs is 1. The molecule has 0 aliphatic rings. The fourth-order valence-electron chi connectivity index (χ4n) is 3.20. The van der Waals surface area contributed by atoms with Crippen LogP contribution in [-0.4, -0.2) is 19.5 Å². The molecule has 0 bridgehead atoms. The van der Waals surface area contributed by atoms with Crippen LogP contribution < -0.4 is 5.32 Å². The maximum absolute atomic E-state index is 11.8. The number of imidazole rings is 1. The zero-order valence-corrected chi connectivity index (χ0v) is 14.6. The summed E-state index contributed by atoms with van der Waals surface area (Å²) in [5.41, 5.74) is 1.99. The lowest BCUT2D eigenvalue weighted by atomic mass is 10.0. The van der Waals surface area contributed by atoms with Gasteiger partial charge >= 0.3 is 5.69 Å². The van der Waals surface area contributed by atoms with Crippen molar-refractivity contribution in [1.82, 2.24) is 14.5 Å². The average Bonchev–Trinajstić information content (AvgIpc) is 3.11. The summed E-state index contributed by atoms with van der Waals surface area (Å²) in [7, 11) is 1.90. The highest BCUT2D eigenvalue weighted by Gasteiger charge is 2.24. The fraction of sp³-hybridized carbons (Fsp3) is 0.100. The van der Waals surface area contributed by atoms with Crippen molar-refractivity contribution in [2.75, 3.05) is 5.32 Å². The topological polar surface area (TPSA) is 85.9 Å². The van der Waals surface area contributed by atoms with E-state index in [1.807, 2.05) is 48.1 Å². The van der Waals surface area contributed by atoms with Gasteiger partial charge < -0.3 is 9.88 Å². The first-order chi connectivity index (χ1) is 13.1. The smallest absolute Gasteiger partial charge is 0.301 e. The number of hydrogen-bond donors (Lipinski definition) is 1. The number of pyridine rings is 1. The molecule has 1 atom stereocenters. The summed E-state index contributed by atoms with van der Waals surface area (Å²) < 4.78 is 1.90. The van der Waals surface area contributed by atoms with Crippen LogP contribution in [0.5, 0.6) is 0 Å². The van der Waals surface area contributed by atoms with Crippen LogP contribution in [0.1, 0.15) is 17.4 Å². The minimum Gasteiger partial charge on any atom is -0.366 e. The fourth-order valence-corrected chi connectivity index (χ4v) is 3.20. The van der Waals surface area contributed by atoms with Crippen LogP contribution in [0.15, 0.2) is 73.2 Å². The molecule has 1 N–H and O–H groups in total. The molecule has 7 heteroatoms. The Kier molecular flexibility index (Phi) is 4.25. The van der Waals surface area contributed by atoms with E-state index in [1.54, 1.807) is 36.7 Å². The summed E-state index contributed by atoms with van der Waals surface area (Å²) in [5.74, 6) is 0.766. The largest absolute Gasteiger partial charge is 0.366 e. The molecule has 0 aliphatic carbocycles. The third-order valence-electron chi connectivity index (χ3n) is 4.49. The number of nitrogens with zero attached hydrogens (tertiary/aromatic N) is 4. The first-order valence-electron chi connectivity index (χ1n) is 8.46. The van der Waals surface area contributed by atoms with E-state index < -0.39 is 0 Å². The van der Waals surface area contributed by atoms with Crippen molar-refractivity contribution < 1.29 is 4.92 Å². The maximum Gasteiger partial charge on any atom is 0.301 e. The summed E-state index contributed by atoms with van der Waals surface area (Å²) >= 11 is 0. The van der Waals surface area contributed by atoms with E-state index in [0.29, 0.717) is 16.6 Å². The Hall–Kier alpha value is -3.74. The summed E-state index contributed by atoms with van der Waals surface area (Å²) in [6.07, 6.45) is 5.19. The van der Waals surface area contributed by atoms with E-state index in [4.69, 9.17) is 0 Å². The third kappa shape index (κ3) is 3.10. The van der Waals surface area contributed by atoms with E-state index in [9.17, 15) is 10.1 Å². The van der Waals surface area contributed by atoms with Gasteiger partial charge in [-0.25, -0.2) is 4.98 Å². The molecule has 2 heterocycles. The van der Waals surface area contributed by atoms with Crippen LogP contribution in [0.4, 0.5) is 11.4 Å². The van der Waals surface area contributed by atoms with Crippen molar-refractivity contribution in [2.24, 2.45) is 7.05 Å². The second kappa shape index (κ2) is 6.87. The van der Waals surface area contributed by atoms with Crippen molar-refractivity contribution >= 4 is 22.3 Å². The van der Waals surface area contributed by atoms with Crippen molar-refractivity contribution in [3.8, 4) is 0 Å². The van der Waals surface area contributed by atoms with Crippen LogP contribution in [0, 0.1) is 10.1 Å². The number of hydrogen-bond acceptors (Lipinski definition) is 5. The highest BCUT2D eigenvalue weighted by molar-refractivity contribution is 5.94. The standard InChI is InChI=1S/C20H17N5O2/c1-24-13-12-22-20(24)18(14-6-3-2-4-7-14)23-17-10-9-16-15(8-5-11-21-16)19(17)25(26)27/h2-13,18,23H,1H3/t18-/m1/s1. The molecule has 0 spiro atoms. The number of nitrogens with one attached hydrogen (secondary N) is 1. The molecular weight excluding hydrogens is 342 g/mol. The second-order valence-electron chi connectivity index (χ2n) is 6.17. The molecular formula is C20H17N5O2. The first-order valence-corrected chi connectivity index (χ1v) is 8.46. The lowest BCUT2D eigenvalue weighted by Crippen LogP contribution is -2.17. The number of benzene rings is 2. The van der Waals surface area contributed by atoms with Gasteiger partial charge in [0, 0.05) is 25.6 Å². The number of nitro benzene ring substituents is 1.